The zero-order chi connectivity index (χ0) is 19.5. The standard InChI is InChI=1S/C22H34O4/c1-2-3-10-15-20(23)17-12-8-9-13-18-21(24)16-11-6-4-5-7-14-19-22(25)26/h3,5-11,18,20,23-24H,2,4,12-17,19H2,1H3,(H,25,26)/b7-5-,9-8-,10-3-,11-6-,21-18-/t20-/m1/s1. The molecule has 0 saturated heterocycles. The van der Waals surface area contributed by atoms with Crippen LogP contribution in [0.15, 0.2) is 60.4 Å². The van der Waals surface area contributed by atoms with Crippen LogP contribution in [0.3, 0.4) is 0 Å². The lowest BCUT2D eigenvalue weighted by Gasteiger charge is -2.04. The van der Waals surface area contributed by atoms with Gasteiger partial charge in [-0.25, -0.2) is 0 Å². The highest BCUT2D eigenvalue weighted by Gasteiger charge is 1.98. The summed E-state index contributed by atoms with van der Waals surface area (Å²) in [5.41, 5.74) is 0. The molecule has 146 valence electrons. The second-order valence-corrected chi connectivity index (χ2v) is 6.06. The van der Waals surface area contributed by atoms with Gasteiger partial charge in [-0.15, -0.1) is 0 Å². The molecule has 0 aromatic rings. The predicted octanol–water partition coefficient (Wildman–Crippen LogP) is 5.63. The minimum absolute atomic E-state index is 0.159. The fourth-order valence-corrected chi connectivity index (χ4v) is 2.13. The van der Waals surface area contributed by atoms with Crippen molar-refractivity contribution in [3.8, 4) is 0 Å². The van der Waals surface area contributed by atoms with Gasteiger partial charge in [0.05, 0.1) is 11.9 Å². The maximum atomic E-state index is 10.3. The van der Waals surface area contributed by atoms with Crippen molar-refractivity contribution in [3.63, 3.8) is 0 Å². The van der Waals surface area contributed by atoms with E-state index in [1.807, 2.05) is 42.5 Å². The predicted molar refractivity (Wildman–Crippen MR) is 108 cm³/mol. The molecule has 0 aliphatic carbocycles. The molecular weight excluding hydrogens is 328 g/mol. The zero-order valence-corrected chi connectivity index (χ0v) is 15.9. The summed E-state index contributed by atoms with van der Waals surface area (Å²) in [5, 5.41) is 28.0. The summed E-state index contributed by atoms with van der Waals surface area (Å²) in [6.07, 6.45) is 23.2. The number of carboxylic acids is 1. The molecule has 4 nitrogen and oxygen atoms in total. The van der Waals surface area contributed by atoms with Gasteiger partial charge in [-0.2, -0.15) is 0 Å². The SMILES string of the molecule is CC/C=C\C[C@@H](O)CC/C=C\C/C=C(\O)C/C=C\C/C=C\CCC(=O)O. The molecule has 0 aliphatic heterocycles. The van der Waals surface area contributed by atoms with Crippen molar-refractivity contribution in [2.75, 3.05) is 0 Å². The maximum absolute atomic E-state index is 10.3. The van der Waals surface area contributed by atoms with E-state index >= 15 is 0 Å². The first-order chi connectivity index (χ1) is 12.6. The molecule has 0 rings (SSSR count). The highest BCUT2D eigenvalue weighted by atomic mass is 16.4. The summed E-state index contributed by atoms with van der Waals surface area (Å²) in [6, 6.07) is 0. The maximum Gasteiger partial charge on any atom is 0.303 e. The molecule has 0 unspecified atom stereocenters. The molecule has 0 aliphatic rings. The molecule has 4 heteroatoms. The van der Waals surface area contributed by atoms with E-state index in [1.165, 1.54) is 0 Å². The summed E-state index contributed by atoms with van der Waals surface area (Å²) in [6.45, 7) is 2.08. The molecule has 0 aromatic carbocycles. The van der Waals surface area contributed by atoms with Crippen molar-refractivity contribution in [3.05, 3.63) is 60.4 Å². The Kier molecular flexibility index (Phi) is 16.3. The van der Waals surface area contributed by atoms with Gasteiger partial charge in [-0.05, 0) is 51.0 Å². The van der Waals surface area contributed by atoms with Gasteiger partial charge in [0.1, 0.15) is 0 Å². The fourth-order valence-electron chi connectivity index (χ4n) is 2.13. The van der Waals surface area contributed by atoms with Crippen LogP contribution in [0.4, 0.5) is 0 Å². The number of aliphatic carboxylic acids is 1. The lowest BCUT2D eigenvalue weighted by molar-refractivity contribution is -0.136. The van der Waals surface area contributed by atoms with Crippen LogP contribution in [0.1, 0.15) is 64.7 Å². The van der Waals surface area contributed by atoms with Crippen LogP contribution in [-0.2, 0) is 4.79 Å². The number of hydrogen-bond acceptors (Lipinski definition) is 3. The van der Waals surface area contributed by atoms with E-state index in [2.05, 4.69) is 13.0 Å². The highest BCUT2D eigenvalue weighted by Crippen LogP contribution is 2.06. The van der Waals surface area contributed by atoms with Crippen LogP contribution in [-0.4, -0.2) is 27.4 Å². The van der Waals surface area contributed by atoms with Crippen molar-refractivity contribution in [2.24, 2.45) is 0 Å². The quantitative estimate of drug-likeness (QED) is 0.261. The molecule has 26 heavy (non-hydrogen) atoms. The lowest BCUT2D eigenvalue weighted by atomic mass is 10.1. The Morgan fingerprint density at radius 3 is 2.31 bits per heavy atom. The van der Waals surface area contributed by atoms with E-state index in [0.717, 1.165) is 25.7 Å². The Labute approximate surface area is 157 Å². The van der Waals surface area contributed by atoms with E-state index in [9.17, 15) is 15.0 Å². The van der Waals surface area contributed by atoms with E-state index < -0.39 is 5.97 Å². The van der Waals surface area contributed by atoms with Crippen molar-refractivity contribution >= 4 is 5.97 Å². The third-order valence-electron chi connectivity index (χ3n) is 3.59. The lowest BCUT2D eigenvalue weighted by Crippen LogP contribution is -2.03. The number of rotatable bonds is 15. The minimum Gasteiger partial charge on any atom is -0.512 e. The number of aliphatic hydroxyl groups is 2. The molecule has 0 aromatic heterocycles. The van der Waals surface area contributed by atoms with Gasteiger partial charge in [0, 0.05) is 12.8 Å². The van der Waals surface area contributed by atoms with Crippen molar-refractivity contribution in [1.82, 2.24) is 0 Å². The Morgan fingerprint density at radius 1 is 0.885 bits per heavy atom. The average Bonchev–Trinajstić information content (AvgIpc) is 2.60. The van der Waals surface area contributed by atoms with Crippen LogP contribution >= 0.6 is 0 Å². The van der Waals surface area contributed by atoms with Gasteiger partial charge >= 0.3 is 5.97 Å². The third kappa shape index (κ3) is 18.3. The summed E-state index contributed by atoms with van der Waals surface area (Å²) in [4.78, 5) is 10.3. The molecule has 0 spiro atoms. The van der Waals surface area contributed by atoms with E-state index in [-0.39, 0.29) is 12.5 Å². The molecule has 0 saturated carbocycles. The summed E-state index contributed by atoms with van der Waals surface area (Å²) in [5.74, 6) is -0.444. The van der Waals surface area contributed by atoms with Gasteiger partial charge in [0.2, 0.25) is 0 Å². The number of allylic oxidation sites excluding steroid dienone is 8. The first kappa shape index (κ1) is 23.9. The Hall–Kier alpha value is -2.07. The van der Waals surface area contributed by atoms with E-state index in [4.69, 9.17) is 5.11 Å². The second kappa shape index (κ2) is 17.7. The summed E-state index contributed by atoms with van der Waals surface area (Å²) < 4.78 is 0. The topological polar surface area (TPSA) is 77.8 Å². The van der Waals surface area contributed by atoms with Gasteiger partial charge in [-0.3, -0.25) is 4.79 Å². The highest BCUT2D eigenvalue weighted by molar-refractivity contribution is 5.66. The summed E-state index contributed by atoms with van der Waals surface area (Å²) >= 11 is 0. The molecule has 0 bridgehead atoms. The zero-order valence-electron chi connectivity index (χ0n) is 15.9. The molecule has 0 radical (unpaired) electrons. The van der Waals surface area contributed by atoms with Crippen molar-refractivity contribution in [1.29, 1.82) is 0 Å². The number of carboxylic acid groups (broad SMARTS) is 1. The van der Waals surface area contributed by atoms with Crippen LogP contribution < -0.4 is 0 Å². The van der Waals surface area contributed by atoms with Gasteiger partial charge in [-0.1, -0.05) is 55.5 Å². The second-order valence-electron chi connectivity index (χ2n) is 6.06. The Balaban J connectivity index is 3.75. The molecule has 3 N–H and O–H groups in total. The van der Waals surface area contributed by atoms with Crippen LogP contribution in [0.25, 0.3) is 0 Å². The third-order valence-corrected chi connectivity index (χ3v) is 3.59. The molecule has 0 fully saturated rings. The molecular formula is C22H34O4. The molecule has 1 atom stereocenters. The number of carbonyl (C=O) groups is 1. The van der Waals surface area contributed by atoms with Crippen LogP contribution in [0, 0.1) is 0 Å². The summed E-state index contributed by atoms with van der Waals surface area (Å²) in [7, 11) is 0. The molecule has 0 amide bonds. The Morgan fingerprint density at radius 2 is 1.58 bits per heavy atom. The van der Waals surface area contributed by atoms with E-state index in [0.29, 0.717) is 31.4 Å². The minimum atomic E-state index is -0.783. The van der Waals surface area contributed by atoms with Gasteiger partial charge < -0.3 is 15.3 Å². The monoisotopic (exact) mass is 362 g/mol. The first-order valence-corrected chi connectivity index (χ1v) is 9.44. The Bertz CT molecular complexity index is 498. The smallest absolute Gasteiger partial charge is 0.303 e. The van der Waals surface area contributed by atoms with Crippen molar-refractivity contribution < 1.29 is 20.1 Å². The largest absolute Gasteiger partial charge is 0.512 e. The van der Waals surface area contributed by atoms with Crippen LogP contribution in [0.5, 0.6) is 0 Å². The number of hydrogen-bond donors (Lipinski definition) is 3. The first-order valence-electron chi connectivity index (χ1n) is 9.44. The van der Waals surface area contributed by atoms with Gasteiger partial charge in [0.25, 0.3) is 0 Å². The van der Waals surface area contributed by atoms with E-state index in [1.54, 1.807) is 6.08 Å². The van der Waals surface area contributed by atoms with Crippen molar-refractivity contribution in [2.45, 2.75) is 70.8 Å². The average molecular weight is 363 g/mol. The van der Waals surface area contributed by atoms with Gasteiger partial charge in [0.15, 0.2) is 0 Å². The van der Waals surface area contributed by atoms with Crippen LogP contribution in [0.2, 0.25) is 0 Å². The molecule has 0 heterocycles. The number of aliphatic hydroxyl groups excluding tert-OH is 2. The normalized spacial score (nSPS) is 14.3. The fraction of sp³-hybridized carbons (Fsp3) is 0.500.